The van der Waals surface area contributed by atoms with Gasteiger partial charge in [-0.05, 0) is 6.42 Å². The van der Waals surface area contributed by atoms with Crippen molar-refractivity contribution in [3.8, 4) is 0 Å². The van der Waals surface area contributed by atoms with Gasteiger partial charge in [0.25, 0.3) is 0 Å². The first-order valence-electron chi connectivity index (χ1n) is 8.35. The minimum Gasteiger partial charge on any atom is -0.273 e. The van der Waals surface area contributed by atoms with Gasteiger partial charge in [-0.15, -0.1) is 0 Å². The van der Waals surface area contributed by atoms with E-state index < -0.39 is 0 Å². The maximum Gasteiger partial charge on any atom is 0.244 e. The molecule has 1 fully saturated rings. The Hall–Kier alpha value is -0.900. The molecule has 116 valence electrons. The zero-order chi connectivity index (χ0) is 14.6. The quantitative estimate of drug-likeness (QED) is 0.440. The van der Waals surface area contributed by atoms with Crippen LogP contribution in [-0.2, 0) is 9.59 Å². The average Bonchev–Trinajstić information content (AvgIpc) is 2.76. The number of unbranched alkanes of at least 4 members (excludes halogenated alkanes) is 9. The Kier molecular flexibility index (Phi) is 9.29. The summed E-state index contributed by atoms with van der Waals surface area (Å²) in [5.74, 6) is -0.163. The van der Waals surface area contributed by atoms with Gasteiger partial charge >= 0.3 is 0 Å². The number of rotatable bonds is 12. The van der Waals surface area contributed by atoms with Gasteiger partial charge in [0.1, 0.15) is 0 Å². The molecule has 4 heteroatoms. The van der Waals surface area contributed by atoms with Crippen LogP contribution in [0.4, 0.5) is 0 Å². The second kappa shape index (κ2) is 10.8. The molecule has 0 atom stereocenters. The van der Waals surface area contributed by atoms with E-state index in [1.54, 1.807) is 0 Å². The summed E-state index contributed by atoms with van der Waals surface area (Å²) in [5.41, 5.74) is 2.94. The number of hydrogen-bond acceptors (Lipinski definition) is 3. The number of imide groups is 1. The highest BCUT2D eigenvalue weighted by Gasteiger charge is 2.28. The van der Waals surface area contributed by atoms with Crippen molar-refractivity contribution in [2.75, 3.05) is 6.54 Å². The summed E-state index contributed by atoms with van der Waals surface area (Å²) in [5, 5.41) is 1.20. The number of nitrogens with zero attached hydrogens (tertiary/aromatic N) is 1. The number of hydrazine groups is 1. The van der Waals surface area contributed by atoms with Crippen LogP contribution >= 0.6 is 0 Å². The lowest BCUT2D eigenvalue weighted by molar-refractivity contribution is -0.142. The monoisotopic (exact) mass is 282 g/mol. The molecule has 1 aliphatic heterocycles. The van der Waals surface area contributed by atoms with Crippen LogP contribution in [0.1, 0.15) is 84.0 Å². The number of carbonyl (C=O) groups is 2. The lowest BCUT2D eigenvalue weighted by Crippen LogP contribution is -2.42. The summed E-state index contributed by atoms with van der Waals surface area (Å²) < 4.78 is 0. The van der Waals surface area contributed by atoms with Crippen molar-refractivity contribution in [3.63, 3.8) is 0 Å². The van der Waals surface area contributed by atoms with Gasteiger partial charge < -0.3 is 0 Å². The molecule has 2 amide bonds. The van der Waals surface area contributed by atoms with Crippen molar-refractivity contribution in [2.24, 2.45) is 0 Å². The summed E-state index contributed by atoms with van der Waals surface area (Å²) in [6.45, 7) is 2.98. The van der Waals surface area contributed by atoms with Crippen molar-refractivity contribution >= 4 is 11.8 Å². The van der Waals surface area contributed by atoms with Crippen LogP contribution in [-0.4, -0.2) is 23.4 Å². The SMILES string of the molecule is CCCCCCCCCCCCNN1C(=O)CCC1=O. The lowest BCUT2D eigenvalue weighted by atomic mass is 10.1. The molecular weight excluding hydrogens is 252 g/mol. The molecule has 4 nitrogen and oxygen atoms in total. The molecule has 0 bridgehead atoms. The zero-order valence-corrected chi connectivity index (χ0v) is 13.0. The van der Waals surface area contributed by atoms with Crippen LogP contribution < -0.4 is 5.43 Å². The highest BCUT2D eigenvalue weighted by Crippen LogP contribution is 2.11. The molecule has 0 aliphatic carbocycles. The van der Waals surface area contributed by atoms with Crippen LogP contribution in [0.15, 0.2) is 0 Å². The van der Waals surface area contributed by atoms with Crippen molar-refractivity contribution in [3.05, 3.63) is 0 Å². The standard InChI is InChI=1S/C16H30N2O2/c1-2-3-4-5-6-7-8-9-10-11-14-17-18-15(19)12-13-16(18)20/h17H,2-14H2,1H3. The number of hydrogen-bond donors (Lipinski definition) is 1. The van der Waals surface area contributed by atoms with Crippen LogP contribution in [0, 0.1) is 0 Å². The van der Waals surface area contributed by atoms with E-state index in [4.69, 9.17) is 0 Å². The second-order valence-electron chi connectivity index (χ2n) is 5.71. The molecule has 1 saturated heterocycles. The average molecular weight is 282 g/mol. The molecule has 0 aromatic heterocycles. The third kappa shape index (κ3) is 7.04. The van der Waals surface area contributed by atoms with Crippen molar-refractivity contribution in [1.29, 1.82) is 0 Å². The summed E-state index contributed by atoms with van der Waals surface area (Å²) in [6.07, 6.45) is 13.7. The molecule has 1 heterocycles. The molecule has 0 saturated carbocycles. The molecular formula is C16H30N2O2. The molecule has 0 aromatic carbocycles. The maximum atomic E-state index is 11.3. The van der Waals surface area contributed by atoms with Crippen LogP contribution in [0.5, 0.6) is 0 Å². The van der Waals surface area contributed by atoms with Crippen molar-refractivity contribution in [1.82, 2.24) is 10.4 Å². The minimum atomic E-state index is -0.0814. The normalized spacial score (nSPS) is 15.3. The third-order valence-corrected chi connectivity index (χ3v) is 3.85. The first-order valence-corrected chi connectivity index (χ1v) is 8.35. The molecule has 1 aliphatic rings. The Balaban J connectivity index is 1.83. The van der Waals surface area contributed by atoms with Gasteiger partial charge in [0.05, 0.1) is 0 Å². The predicted molar refractivity (Wildman–Crippen MR) is 80.9 cm³/mol. The highest BCUT2D eigenvalue weighted by atomic mass is 16.2. The van der Waals surface area contributed by atoms with E-state index in [9.17, 15) is 9.59 Å². The van der Waals surface area contributed by atoms with E-state index in [1.807, 2.05) is 0 Å². The van der Waals surface area contributed by atoms with Gasteiger partial charge in [-0.25, -0.2) is 10.4 Å². The summed E-state index contributed by atoms with van der Waals surface area (Å²) in [4.78, 5) is 22.7. The smallest absolute Gasteiger partial charge is 0.244 e. The maximum absolute atomic E-state index is 11.3. The largest absolute Gasteiger partial charge is 0.273 e. The Morgan fingerprint density at radius 3 is 1.75 bits per heavy atom. The second-order valence-corrected chi connectivity index (χ2v) is 5.71. The fourth-order valence-corrected chi connectivity index (χ4v) is 2.56. The molecule has 0 radical (unpaired) electrons. The van der Waals surface area contributed by atoms with Crippen LogP contribution in [0.2, 0.25) is 0 Å². The number of nitrogens with one attached hydrogen (secondary N) is 1. The molecule has 1 rings (SSSR count). The Bertz CT molecular complexity index is 276. The van der Waals surface area contributed by atoms with E-state index in [0.717, 1.165) is 13.0 Å². The first kappa shape index (κ1) is 17.2. The first-order chi connectivity index (χ1) is 9.75. The molecule has 0 unspecified atom stereocenters. The number of amides is 2. The van der Waals surface area contributed by atoms with Gasteiger partial charge in [0.15, 0.2) is 0 Å². The van der Waals surface area contributed by atoms with Crippen molar-refractivity contribution in [2.45, 2.75) is 84.0 Å². The molecule has 0 aromatic rings. The van der Waals surface area contributed by atoms with E-state index in [1.165, 1.54) is 62.8 Å². The fourth-order valence-electron chi connectivity index (χ4n) is 2.56. The van der Waals surface area contributed by atoms with Gasteiger partial charge in [-0.1, -0.05) is 64.7 Å². The van der Waals surface area contributed by atoms with E-state index in [2.05, 4.69) is 12.3 Å². The highest BCUT2D eigenvalue weighted by molar-refractivity contribution is 6.01. The van der Waals surface area contributed by atoms with Gasteiger partial charge in [-0.2, -0.15) is 0 Å². The third-order valence-electron chi connectivity index (χ3n) is 3.85. The Morgan fingerprint density at radius 1 is 0.800 bits per heavy atom. The Labute approximate surface area is 123 Å². The van der Waals surface area contributed by atoms with Crippen LogP contribution in [0.25, 0.3) is 0 Å². The summed E-state index contributed by atoms with van der Waals surface area (Å²) in [6, 6.07) is 0. The Morgan fingerprint density at radius 2 is 1.25 bits per heavy atom. The summed E-state index contributed by atoms with van der Waals surface area (Å²) in [7, 11) is 0. The van der Waals surface area contributed by atoms with Gasteiger partial charge in [0.2, 0.25) is 11.8 Å². The van der Waals surface area contributed by atoms with Gasteiger partial charge in [0, 0.05) is 19.4 Å². The van der Waals surface area contributed by atoms with E-state index in [-0.39, 0.29) is 11.8 Å². The van der Waals surface area contributed by atoms with Crippen molar-refractivity contribution < 1.29 is 9.59 Å². The minimum absolute atomic E-state index is 0.0814. The van der Waals surface area contributed by atoms with E-state index >= 15 is 0 Å². The van der Waals surface area contributed by atoms with Gasteiger partial charge in [-0.3, -0.25) is 9.59 Å². The molecule has 0 spiro atoms. The molecule has 20 heavy (non-hydrogen) atoms. The molecule has 1 N–H and O–H groups in total. The lowest BCUT2D eigenvalue weighted by Gasteiger charge is -2.14. The van der Waals surface area contributed by atoms with Crippen LogP contribution in [0.3, 0.4) is 0 Å². The predicted octanol–water partition coefficient (Wildman–Crippen LogP) is 3.56. The fraction of sp³-hybridized carbons (Fsp3) is 0.875. The zero-order valence-electron chi connectivity index (χ0n) is 13.0. The topological polar surface area (TPSA) is 49.4 Å². The number of carbonyl (C=O) groups excluding carboxylic acids is 2. The van der Waals surface area contributed by atoms with E-state index in [0.29, 0.717) is 12.8 Å². The summed E-state index contributed by atoms with van der Waals surface area (Å²) >= 11 is 0.